The summed E-state index contributed by atoms with van der Waals surface area (Å²) in [4.78, 5) is 17.9. The zero-order valence-electron chi connectivity index (χ0n) is 19.7. The molecule has 0 spiro atoms. The predicted octanol–water partition coefficient (Wildman–Crippen LogP) is 5.23. The van der Waals surface area contributed by atoms with Crippen molar-refractivity contribution in [1.29, 1.82) is 0 Å². The van der Waals surface area contributed by atoms with E-state index in [1.54, 1.807) is 36.5 Å². The molecular weight excluding hydrogens is 469 g/mol. The highest BCUT2D eigenvalue weighted by molar-refractivity contribution is 5.81. The van der Waals surface area contributed by atoms with Crippen LogP contribution in [0.2, 0.25) is 0 Å². The Morgan fingerprint density at radius 2 is 1.69 bits per heavy atom. The summed E-state index contributed by atoms with van der Waals surface area (Å²) in [5.41, 5.74) is 1.14. The van der Waals surface area contributed by atoms with Crippen molar-refractivity contribution in [3.05, 3.63) is 94.2 Å². The number of hydrogen-bond donors (Lipinski definition) is 0. The molecule has 36 heavy (non-hydrogen) atoms. The Balaban J connectivity index is 1.68. The van der Waals surface area contributed by atoms with Crippen LogP contribution in [-0.4, -0.2) is 29.1 Å². The van der Waals surface area contributed by atoms with Gasteiger partial charge in [-0.2, -0.15) is 13.2 Å². The van der Waals surface area contributed by atoms with Gasteiger partial charge >= 0.3 is 11.9 Å². The second kappa shape index (κ2) is 9.10. The van der Waals surface area contributed by atoms with Crippen molar-refractivity contribution in [1.82, 2.24) is 29.1 Å². The SMILES string of the molecule is CCCn1c(=O)n(Cc2cn(-c3ccc(C)cc3)nn2)c2c(C(F)(F)F)cc(-c3ccccc3)nc21. The monoisotopic (exact) mass is 492 g/mol. The van der Waals surface area contributed by atoms with Crippen LogP contribution in [0.25, 0.3) is 28.1 Å². The van der Waals surface area contributed by atoms with Crippen LogP contribution in [-0.2, 0) is 19.3 Å². The van der Waals surface area contributed by atoms with Crippen LogP contribution in [0.15, 0.2) is 71.7 Å². The third-order valence-corrected chi connectivity index (χ3v) is 5.94. The Hall–Kier alpha value is -4.21. The molecule has 3 aromatic heterocycles. The van der Waals surface area contributed by atoms with Crippen molar-refractivity contribution in [2.75, 3.05) is 0 Å². The number of benzene rings is 2. The highest BCUT2D eigenvalue weighted by Gasteiger charge is 2.37. The van der Waals surface area contributed by atoms with Crippen molar-refractivity contribution >= 4 is 11.2 Å². The van der Waals surface area contributed by atoms with E-state index in [1.165, 1.54) is 9.25 Å². The standard InChI is InChI=1S/C26H23F3N6O/c1-3-13-33-24-23(21(26(27,28)29)14-22(30-24)18-7-5-4-6-8-18)34(25(33)36)15-19-16-35(32-31-19)20-11-9-17(2)10-12-20/h4-12,14,16H,3,13,15H2,1-2H3. The van der Waals surface area contributed by atoms with E-state index in [2.05, 4.69) is 15.3 Å². The van der Waals surface area contributed by atoms with E-state index in [1.807, 2.05) is 38.1 Å². The van der Waals surface area contributed by atoms with Crippen LogP contribution >= 0.6 is 0 Å². The summed E-state index contributed by atoms with van der Waals surface area (Å²) in [6.45, 7) is 3.88. The van der Waals surface area contributed by atoms with E-state index in [0.717, 1.165) is 21.9 Å². The Kier molecular flexibility index (Phi) is 5.95. The van der Waals surface area contributed by atoms with E-state index in [9.17, 15) is 18.0 Å². The Bertz CT molecular complexity index is 1580. The second-order valence-corrected chi connectivity index (χ2v) is 8.60. The average molecular weight is 493 g/mol. The van der Waals surface area contributed by atoms with Crippen LogP contribution in [0.5, 0.6) is 0 Å². The first-order valence-corrected chi connectivity index (χ1v) is 11.5. The summed E-state index contributed by atoms with van der Waals surface area (Å²) in [5, 5.41) is 8.21. The van der Waals surface area contributed by atoms with Gasteiger partial charge in [-0.05, 0) is 31.5 Å². The van der Waals surface area contributed by atoms with Gasteiger partial charge in [0.1, 0.15) is 11.2 Å². The molecule has 0 atom stereocenters. The number of rotatable bonds is 6. The Morgan fingerprint density at radius 3 is 2.36 bits per heavy atom. The van der Waals surface area contributed by atoms with Crippen molar-refractivity contribution in [3.63, 3.8) is 0 Å². The van der Waals surface area contributed by atoms with Crippen molar-refractivity contribution in [2.24, 2.45) is 0 Å². The second-order valence-electron chi connectivity index (χ2n) is 8.60. The molecule has 0 N–H and O–H groups in total. The normalized spacial score (nSPS) is 11.9. The van der Waals surface area contributed by atoms with Gasteiger partial charge in [-0.3, -0.25) is 9.13 Å². The molecule has 0 aliphatic carbocycles. The van der Waals surface area contributed by atoms with Crippen molar-refractivity contribution < 1.29 is 13.2 Å². The number of aryl methyl sites for hydroxylation is 2. The molecule has 5 aromatic rings. The van der Waals surface area contributed by atoms with Gasteiger partial charge in [0, 0.05) is 12.1 Å². The zero-order valence-corrected chi connectivity index (χ0v) is 19.7. The summed E-state index contributed by atoms with van der Waals surface area (Å²) < 4.78 is 46.9. The van der Waals surface area contributed by atoms with E-state index < -0.39 is 17.4 Å². The number of alkyl halides is 3. The molecule has 0 aliphatic heterocycles. The Morgan fingerprint density at radius 1 is 0.972 bits per heavy atom. The largest absolute Gasteiger partial charge is 0.418 e. The Labute approximate surface area is 204 Å². The van der Waals surface area contributed by atoms with Crippen LogP contribution in [0.1, 0.15) is 30.2 Å². The number of imidazole rings is 1. The first kappa shape index (κ1) is 23.5. The van der Waals surface area contributed by atoms with Gasteiger partial charge in [-0.15, -0.1) is 5.10 Å². The van der Waals surface area contributed by atoms with Crippen LogP contribution in [0.3, 0.4) is 0 Å². The predicted molar refractivity (Wildman–Crippen MR) is 130 cm³/mol. The molecule has 0 unspecified atom stereocenters. The minimum absolute atomic E-state index is 0.00135. The molecule has 0 aliphatic rings. The number of hydrogen-bond acceptors (Lipinski definition) is 4. The molecule has 0 amide bonds. The van der Waals surface area contributed by atoms with Gasteiger partial charge in [0.2, 0.25) is 0 Å². The first-order chi connectivity index (χ1) is 17.3. The molecule has 3 heterocycles. The molecule has 0 saturated heterocycles. The topological polar surface area (TPSA) is 70.5 Å². The van der Waals surface area contributed by atoms with Crippen LogP contribution in [0.4, 0.5) is 13.2 Å². The van der Waals surface area contributed by atoms with Gasteiger partial charge in [0.05, 0.1) is 29.7 Å². The maximum Gasteiger partial charge on any atom is 0.418 e. The van der Waals surface area contributed by atoms with Gasteiger partial charge in [-0.25, -0.2) is 14.5 Å². The van der Waals surface area contributed by atoms with Crippen LogP contribution < -0.4 is 5.69 Å². The van der Waals surface area contributed by atoms with Gasteiger partial charge in [-0.1, -0.05) is 60.2 Å². The lowest BCUT2D eigenvalue weighted by Gasteiger charge is -2.12. The quantitative estimate of drug-likeness (QED) is 0.325. The number of pyridine rings is 1. The molecule has 5 rings (SSSR count). The smallest absolute Gasteiger partial charge is 0.284 e. The van der Waals surface area contributed by atoms with Crippen molar-refractivity contribution in [2.45, 2.75) is 39.5 Å². The summed E-state index contributed by atoms with van der Waals surface area (Å²) in [5.74, 6) is 0. The van der Waals surface area contributed by atoms with E-state index in [0.29, 0.717) is 17.7 Å². The highest BCUT2D eigenvalue weighted by atomic mass is 19.4. The number of nitrogens with zero attached hydrogens (tertiary/aromatic N) is 6. The fraction of sp³-hybridized carbons (Fsp3) is 0.231. The van der Waals surface area contributed by atoms with Gasteiger partial charge < -0.3 is 0 Å². The third-order valence-electron chi connectivity index (χ3n) is 5.94. The highest BCUT2D eigenvalue weighted by Crippen LogP contribution is 2.37. The summed E-state index contributed by atoms with van der Waals surface area (Å²) in [7, 11) is 0. The molecule has 10 heteroatoms. The number of halogens is 3. The molecule has 0 fully saturated rings. The number of fused-ring (bicyclic) bond motifs is 1. The summed E-state index contributed by atoms with van der Waals surface area (Å²) >= 11 is 0. The van der Waals surface area contributed by atoms with Crippen molar-refractivity contribution in [3.8, 4) is 16.9 Å². The summed E-state index contributed by atoms with van der Waals surface area (Å²) in [6.07, 6.45) is -2.53. The maximum absolute atomic E-state index is 14.3. The third kappa shape index (κ3) is 4.30. The van der Waals surface area contributed by atoms with E-state index in [4.69, 9.17) is 0 Å². The molecule has 0 saturated carbocycles. The van der Waals surface area contributed by atoms with Gasteiger partial charge in [0.25, 0.3) is 0 Å². The van der Waals surface area contributed by atoms with E-state index in [-0.39, 0.29) is 29.9 Å². The maximum atomic E-state index is 14.3. The lowest BCUT2D eigenvalue weighted by molar-refractivity contribution is -0.136. The first-order valence-electron chi connectivity index (χ1n) is 11.5. The number of aromatic nitrogens is 6. The fourth-order valence-electron chi connectivity index (χ4n) is 4.21. The molecular formula is C26H23F3N6O. The van der Waals surface area contributed by atoms with E-state index >= 15 is 0 Å². The molecule has 184 valence electrons. The lowest BCUT2D eigenvalue weighted by Crippen LogP contribution is -2.25. The summed E-state index contributed by atoms with van der Waals surface area (Å²) in [6, 6.07) is 17.2. The van der Waals surface area contributed by atoms with Gasteiger partial charge in [0.15, 0.2) is 5.65 Å². The minimum Gasteiger partial charge on any atom is -0.284 e. The molecule has 2 aromatic carbocycles. The lowest BCUT2D eigenvalue weighted by atomic mass is 10.1. The zero-order chi connectivity index (χ0) is 25.4. The average Bonchev–Trinajstić information content (AvgIpc) is 3.43. The van der Waals surface area contributed by atoms with Crippen LogP contribution in [0, 0.1) is 6.92 Å². The fourth-order valence-corrected chi connectivity index (χ4v) is 4.21. The minimum atomic E-state index is -4.70. The molecule has 7 nitrogen and oxygen atoms in total. The molecule has 0 radical (unpaired) electrons. The molecule has 0 bridgehead atoms.